The van der Waals surface area contributed by atoms with Crippen molar-refractivity contribution in [3.05, 3.63) is 18.6 Å². The molecule has 4 atom stereocenters. The van der Waals surface area contributed by atoms with Gasteiger partial charge in [-0.1, -0.05) is 6.58 Å². The number of halogens is 1. The molecule has 1 aromatic heterocycles. The van der Waals surface area contributed by atoms with Gasteiger partial charge in [-0.3, -0.25) is 9.13 Å². The molecule has 0 radical (unpaired) electrons. The molecule has 0 saturated carbocycles. The van der Waals surface area contributed by atoms with Crippen LogP contribution in [0, 0.1) is 0 Å². The molecule has 1 saturated heterocycles. The number of fused-ring (bicyclic) bond motifs is 1. The van der Waals surface area contributed by atoms with E-state index in [1.165, 1.54) is 6.33 Å². The molecule has 0 aromatic carbocycles. The minimum atomic E-state index is -3.12. The van der Waals surface area contributed by atoms with Crippen LogP contribution in [0.3, 0.4) is 0 Å². The molecule has 0 spiro atoms. The quantitative estimate of drug-likeness (QED) is 0.683. The number of rotatable bonds is 4. The van der Waals surface area contributed by atoms with Crippen molar-refractivity contribution >= 4 is 25.7 Å². The molecule has 11 heteroatoms. The topological polar surface area (TPSA) is 124 Å². The fourth-order valence-corrected chi connectivity index (χ4v) is 2.71. The zero-order valence-corrected chi connectivity index (χ0v) is 12.4. The summed E-state index contributed by atoms with van der Waals surface area (Å²) in [7, 11) is -3.12. The zero-order chi connectivity index (χ0) is 15.9. The smallest absolute Gasteiger partial charge is 0.316 e. The zero-order valence-electron chi connectivity index (χ0n) is 11.4. The summed E-state index contributed by atoms with van der Waals surface area (Å²) in [5.41, 5.74) is 6.65. The molecule has 2 aliphatic rings. The predicted octanol–water partition coefficient (Wildman–Crippen LogP) is 0.427. The van der Waals surface area contributed by atoms with Gasteiger partial charge in [0.25, 0.3) is 0 Å². The molecule has 3 heterocycles. The van der Waals surface area contributed by atoms with Crippen molar-refractivity contribution in [1.29, 1.82) is 0 Å². The Morgan fingerprint density at radius 3 is 3.23 bits per heavy atom. The van der Waals surface area contributed by atoms with Crippen LogP contribution >= 0.6 is 8.25 Å². The fourth-order valence-electron chi connectivity index (χ4n) is 2.41. The summed E-state index contributed by atoms with van der Waals surface area (Å²) in [5, 5.41) is 2.75. The standard InChI is InChI=1S/C11H15FN5O4P/c1-5-9-10(16-11(13)15-5)17(4-14-9)8-2-6(12)7(21-8)3-20-22(18)19/h4,6-8,22H,1-3H2,(H,18,19)(H3,13,15,16)/t6-,7-,8-/m1/s1. The Bertz CT molecular complexity index is 663. The Morgan fingerprint density at radius 2 is 2.50 bits per heavy atom. The van der Waals surface area contributed by atoms with Crippen LogP contribution in [-0.4, -0.2) is 39.3 Å². The fraction of sp³-hybridized carbons (Fsp3) is 0.455. The minimum absolute atomic E-state index is 0.0541. The van der Waals surface area contributed by atoms with Crippen molar-refractivity contribution in [3.63, 3.8) is 0 Å². The second-order valence-electron chi connectivity index (χ2n) is 4.88. The van der Waals surface area contributed by atoms with Crippen molar-refractivity contribution in [1.82, 2.24) is 14.9 Å². The normalized spacial score (nSPS) is 28.9. The number of hydrogen-bond donors (Lipinski definition) is 3. The molecule has 3 rings (SSSR count). The molecular weight excluding hydrogens is 316 g/mol. The largest absolute Gasteiger partial charge is 0.369 e. The molecule has 1 fully saturated rings. The van der Waals surface area contributed by atoms with Crippen LogP contribution in [0.15, 0.2) is 17.9 Å². The highest BCUT2D eigenvalue weighted by molar-refractivity contribution is 7.32. The maximum Gasteiger partial charge on any atom is 0.316 e. The molecular formula is C11H15FN5O4P. The maximum atomic E-state index is 14.0. The van der Waals surface area contributed by atoms with Gasteiger partial charge in [0, 0.05) is 6.42 Å². The predicted molar refractivity (Wildman–Crippen MR) is 76.3 cm³/mol. The van der Waals surface area contributed by atoms with Crippen molar-refractivity contribution in [2.24, 2.45) is 10.7 Å². The van der Waals surface area contributed by atoms with E-state index in [0.29, 0.717) is 17.2 Å². The highest BCUT2D eigenvalue weighted by Crippen LogP contribution is 2.37. The highest BCUT2D eigenvalue weighted by atomic mass is 31.1. The summed E-state index contributed by atoms with van der Waals surface area (Å²) >= 11 is 0. The van der Waals surface area contributed by atoms with Crippen LogP contribution in [0.25, 0.3) is 5.70 Å². The number of hydrogen-bond acceptors (Lipinski definition) is 7. The summed E-state index contributed by atoms with van der Waals surface area (Å²) in [4.78, 5) is 16.9. The van der Waals surface area contributed by atoms with Crippen LogP contribution in [0.5, 0.6) is 0 Å². The van der Waals surface area contributed by atoms with Crippen molar-refractivity contribution in [2.45, 2.75) is 24.9 Å². The summed E-state index contributed by atoms with van der Waals surface area (Å²) in [6.07, 6.45) is -1.37. The van der Waals surface area contributed by atoms with Crippen LogP contribution in [-0.2, 0) is 13.8 Å². The molecule has 2 aliphatic heterocycles. The molecule has 120 valence electrons. The first-order valence-corrected chi connectivity index (χ1v) is 7.74. The lowest BCUT2D eigenvalue weighted by molar-refractivity contribution is -0.0283. The Balaban J connectivity index is 1.80. The van der Waals surface area contributed by atoms with Gasteiger partial charge in [0.2, 0.25) is 0 Å². The number of ether oxygens (including phenoxy) is 1. The lowest BCUT2D eigenvalue weighted by atomic mass is 10.2. The average molecular weight is 331 g/mol. The Morgan fingerprint density at radius 1 is 1.73 bits per heavy atom. The van der Waals surface area contributed by atoms with E-state index in [-0.39, 0.29) is 19.0 Å². The summed E-state index contributed by atoms with van der Waals surface area (Å²) in [5.74, 6) is 0.587. The number of aliphatic imine (C=N–C) groups is 1. The number of aromatic nitrogens is 2. The molecule has 0 aliphatic carbocycles. The van der Waals surface area contributed by atoms with E-state index in [1.807, 2.05) is 0 Å². The van der Waals surface area contributed by atoms with Gasteiger partial charge < -0.3 is 25.2 Å². The van der Waals surface area contributed by atoms with Gasteiger partial charge >= 0.3 is 8.25 Å². The lowest BCUT2D eigenvalue weighted by Gasteiger charge is -2.18. The Hall–Kier alpha value is -1.74. The highest BCUT2D eigenvalue weighted by Gasteiger charge is 2.38. The Labute approximate surface area is 125 Å². The molecule has 0 bridgehead atoms. The van der Waals surface area contributed by atoms with Crippen LogP contribution in [0.2, 0.25) is 0 Å². The third kappa shape index (κ3) is 2.78. The first kappa shape index (κ1) is 15.2. The second-order valence-corrected chi connectivity index (χ2v) is 5.70. The van der Waals surface area contributed by atoms with E-state index in [2.05, 4.69) is 26.4 Å². The third-order valence-electron chi connectivity index (χ3n) is 3.40. The number of nitrogens with one attached hydrogen (secondary N) is 1. The average Bonchev–Trinajstić information content (AvgIpc) is 3.00. The number of guanidine groups is 1. The summed E-state index contributed by atoms with van der Waals surface area (Å²) in [6.45, 7) is 3.49. The summed E-state index contributed by atoms with van der Waals surface area (Å²) in [6, 6.07) is 0. The molecule has 9 nitrogen and oxygen atoms in total. The first-order chi connectivity index (χ1) is 10.5. The Kier molecular flexibility index (Phi) is 4.00. The van der Waals surface area contributed by atoms with Gasteiger partial charge in [-0.25, -0.2) is 9.37 Å². The molecule has 1 aromatic rings. The minimum Gasteiger partial charge on any atom is -0.369 e. The van der Waals surface area contributed by atoms with E-state index in [9.17, 15) is 8.96 Å². The van der Waals surface area contributed by atoms with E-state index < -0.39 is 26.8 Å². The van der Waals surface area contributed by atoms with Gasteiger partial charge in [-0.15, -0.1) is 0 Å². The number of nitrogens with two attached hydrogens (primary N) is 1. The van der Waals surface area contributed by atoms with Gasteiger partial charge in [-0.2, -0.15) is 4.99 Å². The van der Waals surface area contributed by atoms with Crippen molar-refractivity contribution in [2.75, 3.05) is 6.61 Å². The van der Waals surface area contributed by atoms with Crippen LogP contribution < -0.4 is 11.1 Å². The number of imidazole rings is 1. The first-order valence-electron chi connectivity index (χ1n) is 6.48. The SMILES string of the molecule is C=C1NC(N)=Nc2c1ncn2[C@H]1C[C@@H](F)[C@@H](CO[PH](=O)O)O1. The van der Waals surface area contributed by atoms with Gasteiger partial charge in [-0.05, 0) is 0 Å². The van der Waals surface area contributed by atoms with E-state index in [1.54, 1.807) is 4.57 Å². The van der Waals surface area contributed by atoms with E-state index in [0.717, 1.165) is 0 Å². The van der Waals surface area contributed by atoms with Crippen LogP contribution in [0.1, 0.15) is 18.3 Å². The van der Waals surface area contributed by atoms with Gasteiger partial charge in [0.05, 0.1) is 18.6 Å². The number of nitrogens with zero attached hydrogens (tertiary/aromatic N) is 3. The van der Waals surface area contributed by atoms with Gasteiger partial charge in [0.15, 0.2) is 11.8 Å². The second kappa shape index (κ2) is 5.81. The molecule has 1 unspecified atom stereocenters. The van der Waals surface area contributed by atoms with E-state index >= 15 is 0 Å². The third-order valence-corrected chi connectivity index (χ3v) is 3.82. The lowest BCUT2D eigenvalue weighted by Crippen LogP contribution is -2.32. The monoisotopic (exact) mass is 331 g/mol. The van der Waals surface area contributed by atoms with Gasteiger partial charge in [0.1, 0.15) is 24.2 Å². The molecule has 22 heavy (non-hydrogen) atoms. The van der Waals surface area contributed by atoms with Crippen LogP contribution in [0.4, 0.5) is 10.2 Å². The molecule has 0 amide bonds. The summed E-state index contributed by atoms with van der Waals surface area (Å²) < 4.78 is 36.2. The van der Waals surface area contributed by atoms with Crippen molar-refractivity contribution in [3.8, 4) is 0 Å². The van der Waals surface area contributed by atoms with Crippen molar-refractivity contribution < 1.29 is 23.1 Å². The maximum absolute atomic E-state index is 14.0. The van der Waals surface area contributed by atoms with E-state index in [4.69, 9.17) is 15.4 Å². The molecule has 4 N–H and O–H groups in total. The number of alkyl halides is 1.